The minimum atomic E-state index is -3.50. The fourth-order valence-electron chi connectivity index (χ4n) is 2.62. The molecule has 1 aliphatic rings. The molecular weight excluding hydrogens is 330 g/mol. The lowest BCUT2D eigenvalue weighted by Crippen LogP contribution is -2.37. The van der Waals surface area contributed by atoms with E-state index in [2.05, 4.69) is 21.9 Å². The lowest BCUT2D eigenvalue weighted by Gasteiger charge is -2.29. The highest BCUT2D eigenvalue weighted by Crippen LogP contribution is 2.23. The molecule has 2 aromatic rings. The molecule has 128 valence electrons. The van der Waals surface area contributed by atoms with E-state index in [9.17, 15) is 13.2 Å². The number of rotatable bonds is 4. The lowest BCUT2D eigenvalue weighted by atomic mass is 10.0. The first-order valence-corrected chi connectivity index (χ1v) is 9.23. The van der Waals surface area contributed by atoms with Crippen molar-refractivity contribution in [2.45, 2.75) is 24.7 Å². The zero-order valence-electron chi connectivity index (χ0n) is 13.3. The topological polar surface area (TPSA) is 92.5 Å². The zero-order valence-corrected chi connectivity index (χ0v) is 14.1. The quantitative estimate of drug-likeness (QED) is 0.914. The highest BCUT2D eigenvalue weighted by Gasteiger charge is 2.28. The minimum Gasteiger partial charge on any atom is -0.363 e. The normalized spacial score (nSPS) is 16.9. The summed E-state index contributed by atoms with van der Waals surface area (Å²) in [7, 11) is -3.50. The number of amides is 1. The number of anilines is 1. The molecule has 1 amide bonds. The first-order chi connectivity index (χ1) is 11.5. The molecule has 0 radical (unpaired) electrons. The van der Waals surface area contributed by atoms with Crippen molar-refractivity contribution in [3.05, 3.63) is 42.2 Å². The Hall–Kier alpha value is -2.19. The van der Waals surface area contributed by atoms with Crippen LogP contribution in [0.25, 0.3) is 0 Å². The minimum absolute atomic E-state index is 0.204. The molecule has 0 spiro atoms. The number of nitrogens with zero attached hydrogens (tertiary/aromatic N) is 2. The molecule has 0 saturated carbocycles. The van der Waals surface area contributed by atoms with E-state index in [1.807, 2.05) is 0 Å². The molecule has 1 aromatic carbocycles. The molecule has 24 heavy (non-hydrogen) atoms. The number of sulfonamides is 1. The van der Waals surface area contributed by atoms with Gasteiger partial charge in [0.25, 0.3) is 5.91 Å². The average Bonchev–Trinajstić information content (AvgIpc) is 3.08. The number of benzene rings is 1. The summed E-state index contributed by atoms with van der Waals surface area (Å²) in [5.41, 5.74) is 0.351. The van der Waals surface area contributed by atoms with E-state index in [-0.39, 0.29) is 10.8 Å². The molecule has 7 nitrogen and oxygen atoms in total. The molecule has 2 heterocycles. The van der Waals surface area contributed by atoms with Gasteiger partial charge in [-0.3, -0.25) is 4.79 Å². The maximum absolute atomic E-state index is 12.6. The predicted molar refractivity (Wildman–Crippen MR) is 88.1 cm³/mol. The molecule has 8 heteroatoms. The molecule has 1 N–H and O–H groups in total. The monoisotopic (exact) mass is 349 g/mol. The van der Waals surface area contributed by atoms with Gasteiger partial charge in [-0.05, 0) is 43.0 Å². The Morgan fingerprint density at radius 2 is 1.88 bits per heavy atom. The summed E-state index contributed by atoms with van der Waals surface area (Å²) in [5.74, 6) is 0.484. The second-order valence-electron chi connectivity index (χ2n) is 5.95. The summed E-state index contributed by atoms with van der Waals surface area (Å²) in [4.78, 5) is 12.3. The Labute approximate surface area is 140 Å². The third kappa shape index (κ3) is 3.49. The highest BCUT2D eigenvalue weighted by atomic mass is 32.2. The molecule has 1 saturated heterocycles. The molecule has 1 aliphatic heterocycles. The number of nitrogens with one attached hydrogen (secondary N) is 1. The van der Waals surface area contributed by atoms with Crippen LogP contribution in [0.2, 0.25) is 0 Å². The van der Waals surface area contributed by atoms with Gasteiger partial charge in [-0.2, -0.15) is 4.31 Å². The van der Waals surface area contributed by atoms with E-state index in [0.717, 1.165) is 12.8 Å². The summed E-state index contributed by atoms with van der Waals surface area (Å²) in [6, 6.07) is 7.44. The second-order valence-corrected chi connectivity index (χ2v) is 7.89. The van der Waals surface area contributed by atoms with Crippen LogP contribution in [0, 0.1) is 5.92 Å². The highest BCUT2D eigenvalue weighted by molar-refractivity contribution is 7.89. The van der Waals surface area contributed by atoms with Crippen molar-refractivity contribution >= 4 is 21.7 Å². The molecule has 1 aromatic heterocycles. The summed E-state index contributed by atoms with van der Waals surface area (Å²) >= 11 is 0. The number of carbonyl (C=O) groups excluding carboxylic acids is 1. The van der Waals surface area contributed by atoms with E-state index in [1.165, 1.54) is 40.9 Å². The number of hydrogen-bond donors (Lipinski definition) is 1. The van der Waals surface area contributed by atoms with E-state index in [0.29, 0.717) is 30.4 Å². The predicted octanol–water partition coefficient (Wildman–Crippen LogP) is 2.35. The third-order valence-electron chi connectivity index (χ3n) is 4.18. The summed E-state index contributed by atoms with van der Waals surface area (Å²) < 4.78 is 31.4. The molecule has 0 unspecified atom stereocenters. The van der Waals surface area contributed by atoms with Gasteiger partial charge in [0, 0.05) is 24.7 Å². The molecule has 3 rings (SSSR count). The Morgan fingerprint density at radius 1 is 1.21 bits per heavy atom. The van der Waals surface area contributed by atoms with Crippen LogP contribution >= 0.6 is 0 Å². The van der Waals surface area contributed by atoms with Crippen molar-refractivity contribution in [3.63, 3.8) is 0 Å². The average molecular weight is 349 g/mol. The van der Waals surface area contributed by atoms with Crippen molar-refractivity contribution in [2.24, 2.45) is 5.92 Å². The maximum atomic E-state index is 12.6. The Kier molecular flexibility index (Phi) is 4.68. The van der Waals surface area contributed by atoms with Gasteiger partial charge < -0.3 is 9.84 Å². The molecular formula is C16H19N3O4S. The van der Waals surface area contributed by atoms with Crippen LogP contribution in [-0.2, 0) is 10.0 Å². The van der Waals surface area contributed by atoms with Gasteiger partial charge in [0.2, 0.25) is 10.0 Å². The van der Waals surface area contributed by atoms with E-state index >= 15 is 0 Å². The fraction of sp³-hybridized carbons (Fsp3) is 0.375. The largest absolute Gasteiger partial charge is 0.363 e. The van der Waals surface area contributed by atoms with Gasteiger partial charge in [0.15, 0.2) is 5.82 Å². The van der Waals surface area contributed by atoms with E-state index in [1.54, 1.807) is 0 Å². The molecule has 0 atom stereocenters. The van der Waals surface area contributed by atoms with E-state index < -0.39 is 10.0 Å². The summed E-state index contributed by atoms with van der Waals surface area (Å²) in [6.07, 6.45) is 3.10. The first kappa shape index (κ1) is 16.7. The van der Waals surface area contributed by atoms with Crippen LogP contribution in [0.1, 0.15) is 30.1 Å². The Morgan fingerprint density at radius 3 is 2.46 bits per heavy atom. The van der Waals surface area contributed by atoms with Gasteiger partial charge in [-0.1, -0.05) is 12.1 Å². The van der Waals surface area contributed by atoms with E-state index in [4.69, 9.17) is 0 Å². The van der Waals surface area contributed by atoms with Crippen molar-refractivity contribution < 1.29 is 17.7 Å². The fourth-order valence-corrected chi connectivity index (χ4v) is 4.09. The van der Waals surface area contributed by atoms with Gasteiger partial charge in [0.1, 0.15) is 6.26 Å². The number of hydrogen-bond acceptors (Lipinski definition) is 5. The van der Waals surface area contributed by atoms with Crippen LogP contribution < -0.4 is 5.32 Å². The van der Waals surface area contributed by atoms with Crippen molar-refractivity contribution in [3.8, 4) is 0 Å². The summed E-state index contributed by atoms with van der Waals surface area (Å²) in [5, 5.41) is 6.16. The van der Waals surface area contributed by atoms with Gasteiger partial charge in [-0.25, -0.2) is 8.42 Å². The van der Waals surface area contributed by atoms with Crippen LogP contribution in [0.3, 0.4) is 0 Å². The third-order valence-corrected chi connectivity index (χ3v) is 6.09. The zero-order chi connectivity index (χ0) is 17.2. The number of aromatic nitrogens is 1. The molecule has 0 aliphatic carbocycles. The SMILES string of the molecule is CC1CCN(S(=O)(=O)c2ccc(C(=O)Nc3ccon3)cc2)CC1. The first-order valence-electron chi connectivity index (χ1n) is 7.79. The Bertz CT molecular complexity index is 792. The van der Waals surface area contributed by atoms with Gasteiger partial charge in [-0.15, -0.1) is 0 Å². The standard InChI is InChI=1S/C16H19N3O4S/c1-12-6-9-19(10-7-12)24(21,22)14-4-2-13(3-5-14)16(20)17-15-8-11-23-18-15/h2-5,8,11-12H,6-7,9-10H2,1H3,(H,17,18,20). The van der Waals surface area contributed by atoms with Crippen LogP contribution in [0.4, 0.5) is 5.82 Å². The second kappa shape index (κ2) is 6.74. The van der Waals surface area contributed by atoms with Gasteiger partial charge >= 0.3 is 0 Å². The lowest BCUT2D eigenvalue weighted by molar-refractivity contribution is 0.102. The van der Waals surface area contributed by atoms with Crippen LogP contribution in [0.5, 0.6) is 0 Å². The van der Waals surface area contributed by atoms with Crippen molar-refractivity contribution in [2.75, 3.05) is 18.4 Å². The van der Waals surface area contributed by atoms with Crippen molar-refractivity contribution in [1.29, 1.82) is 0 Å². The molecule has 0 bridgehead atoms. The van der Waals surface area contributed by atoms with Crippen LogP contribution in [0.15, 0.2) is 46.0 Å². The Balaban J connectivity index is 1.72. The van der Waals surface area contributed by atoms with Gasteiger partial charge in [0.05, 0.1) is 4.90 Å². The number of carbonyl (C=O) groups is 1. The van der Waals surface area contributed by atoms with Crippen LogP contribution in [-0.4, -0.2) is 36.9 Å². The smallest absolute Gasteiger partial charge is 0.256 e. The van der Waals surface area contributed by atoms with Crippen molar-refractivity contribution in [1.82, 2.24) is 9.46 Å². The number of piperidine rings is 1. The summed E-state index contributed by atoms with van der Waals surface area (Å²) in [6.45, 7) is 3.21. The maximum Gasteiger partial charge on any atom is 0.256 e. The molecule has 1 fully saturated rings.